The van der Waals surface area contributed by atoms with Crippen LogP contribution >= 0.6 is 15.9 Å². The minimum atomic E-state index is -0.0512. The van der Waals surface area contributed by atoms with Gasteiger partial charge < -0.3 is 0 Å². The molecule has 0 fully saturated rings. The third kappa shape index (κ3) is 2.61. The fourth-order valence-corrected chi connectivity index (χ4v) is 1.96. The van der Waals surface area contributed by atoms with Gasteiger partial charge in [-0.1, -0.05) is 6.92 Å². The van der Waals surface area contributed by atoms with Crippen LogP contribution in [0.15, 0.2) is 35.2 Å². The van der Waals surface area contributed by atoms with Gasteiger partial charge in [-0.25, -0.2) is 0 Å². The highest BCUT2D eigenvalue weighted by Crippen LogP contribution is 2.14. The van der Waals surface area contributed by atoms with E-state index in [2.05, 4.69) is 32.9 Å². The molecule has 0 saturated heterocycles. The Morgan fingerprint density at radius 2 is 2.29 bits per heavy atom. The Morgan fingerprint density at radius 1 is 1.47 bits per heavy atom. The minimum absolute atomic E-state index is 0.0512. The molecule has 2 aromatic heterocycles. The van der Waals surface area contributed by atoms with Crippen molar-refractivity contribution >= 4 is 21.7 Å². The molecule has 0 bridgehead atoms. The Morgan fingerprint density at radius 3 is 3.00 bits per heavy atom. The van der Waals surface area contributed by atoms with Crippen LogP contribution in [0.4, 0.5) is 0 Å². The van der Waals surface area contributed by atoms with Gasteiger partial charge in [0.05, 0.1) is 0 Å². The van der Waals surface area contributed by atoms with Crippen LogP contribution in [0.2, 0.25) is 0 Å². The lowest BCUT2D eigenvalue weighted by Gasteiger charge is -2.05. The van der Waals surface area contributed by atoms with Gasteiger partial charge in [0.1, 0.15) is 5.69 Å². The van der Waals surface area contributed by atoms with Crippen LogP contribution in [-0.4, -0.2) is 20.5 Å². The summed E-state index contributed by atoms with van der Waals surface area (Å²) >= 11 is 3.31. The van der Waals surface area contributed by atoms with E-state index < -0.39 is 0 Å². The molecule has 0 aliphatic carbocycles. The Kier molecular flexibility index (Phi) is 3.68. The SMILES string of the molecule is CCCn1nccc1C(=O)c1cncc(Br)c1. The van der Waals surface area contributed by atoms with E-state index in [9.17, 15) is 4.79 Å². The van der Waals surface area contributed by atoms with Gasteiger partial charge in [-0.2, -0.15) is 5.10 Å². The maximum Gasteiger partial charge on any atom is 0.212 e. The van der Waals surface area contributed by atoms with Crippen LogP contribution < -0.4 is 0 Å². The maximum absolute atomic E-state index is 12.2. The predicted molar refractivity (Wildman–Crippen MR) is 67.9 cm³/mol. The molecular weight excluding hydrogens is 282 g/mol. The number of rotatable bonds is 4. The first-order valence-corrected chi connectivity index (χ1v) is 6.18. The van der Waals surface area contributed by atoms with Crippen molar-refractivity contribution in [2.45, 2.75) is 19.9 Å². The molecule has 0 N–H and O–H groups in total. The first-order chi connectivity index (χ1) is 8.22. The van der Waals surface area contributed by atoms with Gasteiger partial charge in [-0.05, 0) is 34.5 Å². The van der Waals surface area contributed by atoms with Gasteiger partial charge in [0, 0.05) is 35.2 Å². The van der Waals surface area contributed by atoms with Crippen LogP contribution in [0.1, 0.15) is 29.4 Å². The Hall–Kier alpha value is -1.49. The highest BCUT2D eigenvalue weighted by molar-refractivity contribution is 9.10. The zero-order chi connectivity index (χ0) is 12.3. The molecule has 0 amide bonds. The normalized spacial score (nSPS) is 10.5. The average molecular weight is 294 g/mol. The van der Waals surface area contributed by atoms with Gasteiger partial charge in [-0.3, -0.25) is 14.5 Å². The van der Waals surface area contributed by atoms with Gasteiger partial charge in [0.25, 0.3) is 0 Å². The fourth-order valence-electron chi connectivity index (χ4n) is 1.60. The first kappa shape index (κ1) is 12.0. The van der Waals surface area contributed by atoms with Crippen molar-refractivity contribution in [2.75, 3.05) is 0 Å². The molecule has 2 heterocycles. The molecule has 0 radical (unpaired) electrons. The average Bonchev–Trinajstić information content (AvgIpc) is 2.77. The third-order valence-corrected chi connectivity index (χ3v) is 2.79. The van der Waals surface area contributed by atoms with Crippen molar-refractivity contribution in [1.29, 1.82) is 0 Å². The molecule has 4 nitrogen and oxygen atoms in total. The molecule has 0 unspecified atom stereocenters. The third-order valence-electron chi connectivity index (χ3n) is 2.35. The quantitative estimate of drug-likeness (QED) is 0.815. The van der Waals surface area contributed by atoms with E-state index in [1.807, 2.05) is 0 Å². The monoisotopic (exact) mass is 293 g/mol. The van der Waals surface area contributed by atoms with Gasteiger partial charge in [0.15, 0.2) is 0 Å². The molecule has 5 heteroatoms. The number of carbonyl (C=O) groups excluding carboxylic acids is 1. The van der Waals surface area contributed by atoms with Gasteiger partial charge in [-0.15, -0.1) is 0 Å². The van der Waals surface area contributed by atoms with Gasteiger partial charge >= 0.3 is 0 Å². The molecule has 0 atom stereocenters. The largest absolute Gasteiger partial charge is 0.287 e. The number of nitrogens with zero attached hydrogens (tertiary/aromatic N) is 3. The summed E-state index contributed by atoms with van der Waals surface area (Å²) < 4.78 is 2.52. The summed E-state index contributed by atoms with van der Waals surface area (Å²) in [6.45, 7) is 2.80. The van der Waals surface area contributed by atoms with Gasteiger partial charge in [0.2, 0.25) is 5.78 Å². The Bertz CT molecular complexity index is 536. The number of hydrogen-bond donors (Lipinski definition) is 0. The van der Waals surface area contributed by atoms with E-state index in [4.69, 9.17) is 0 Å². The van der Waals surface area contributed by atoms with Crippen LogP contribution in [-0.2, 0) is 6.54 Å². The van der Waals surface area contributed by atoms with E-state index in [1.165, 1.54) is 0 Å². The summed E-state index contributed by atoms with van der Waals surface area (Å²) in [4.78, 5) is 16.2. The molecule has 88 valence electrons. The summed E-state index contributed by atoms with van der Waals surface area (Å²) in [5.41, 5.74) is 1.17. The van der Waals surface area contributed by atoms with E-state index in [0.717, 1.165) is 17.4 Å². The van der Waals surface area contributed by atoms with E-state index in [-0.39, 0.29) is 5.78 Å². The van der Waals surface area contributed by atoms with Crippen molar-refractivity contribution in [1.82, 2.24) is 14.8 Å². The number of halogens is 1. The second-order valence-corrected chi connectivity index (χ2v) is 4.58. The number of carbonyl (C=O) groups is 1. The summed E-state index contributed by atoms with van der Waals surface area (Å²) in [5, 5.41) is 4.14. The molecule has 0 aliphatic heterocycles. The van der Waals surface area contributed by atoms with Crippen LogP contribution in [0, 0.1) is 0 Å². The Labute approximate surface area is 108 Å². The van der Waals surface area contributed by atoms with Crippen molar-refractivity contribution in [3.05, 3.63) is 46.5 Å². The standard InChI is InChI=1S/C12H12BrN3O/c1-2-5-16-11(3-4-15-16)12(17)9-6-10(13)8-14-7-9/h3-4,6-8H,2,5H2,1H3. The number of hydrogen-bond acceptors (Lipinski definition) is 3. The summed E-state index contributed by atoms with van der Waals surface area (Å²) in [6.07, 6.45) is 5.81. The smallest absolute Gasteiger partial charge is 0.212 e. The molecule has 0 saturated carbocycles. The van der Waals surface area contributed by atoms with Crippen LogP contribution in [0.3, 0.4) is 0 Å². The lowest BCUT2D eigenvalue weighted by molar-refractivity contribution is 0.102. The van der Waals surface area contributed by atoms with Crippen LogP contribution in [0.25, 0.3) is 0 Å². The second kappa shape index (κ2) is 5.23. The topological polar surface area (TPSA) is 47.8 Å². The summed E-state index contributed by atoms with van der Waals surface area (Å²) in [6, 6.07) is 3.50. The minimum Gasteiger partial charge on any atom is -0.287 e. The zero-order valence-corrected chi connectivity index (χ0v) is 11.0. The molecule has 2 rings (SSSR count). The number of pyridine rings is 1. The highest BCUT2D eigenvalue weighted by Gasteiger charge is 2.14. The summed E-state index contributed by atoms with van der Waals surface area (Å²) in [5.74, 6) is -0.0512. The molecule has 0 spiro atoms. The molecule has 0 aromatic carbocycles. The molecule has 17 heavy (non-hydrogen) atoms. The molecular formula is C12H12BrN3O. The maximum atomic E-state index is 12.2. The van der Waals surface area contributed by atoms with Crippen molar-refractivity contribution in [3.8, 4) is 0 Å². The zero-order valence-electron chi connectivity index (χ0n) is 9.43. The molecule has 0 aliphatic rings. The lowest BCUT2D eigenvalue weighted by atomic mass is 10.1. The number of ketones is 1. The van der Waals surface area contributed by atoms with E-state index in [0.29, 0.717) is 11.3 Å². The predicted octanol–water partition coefficient (Wildman–Crippen LogP) is 2.68. The van der Waals surface area contributed by atoms with E-state index >= 15 is 0 Å². The van der Waals surface area contributed by atoms with E-state index in [1.54, 1.807) is 35.4 Å². The highest BCUT2D eigenvalue weighted by atomic mass is 79.9. The van der Waals surface area contributed by atoms with Crippen molar-refractivity contribution in [3.63, 3.8) is 0 Å². The lowest BCUT2D eigenvalue weighted by Crippen LogP contribution is -2.11. The first-order valence-electron chi connectivity index (χ1n) is 5.39. The fraction of sp³-hybridized carbons (Fsp3) is 0.250. The van der Waals surface area contributed by atoms with Crippen molar-refractivity contribution in [2.24, 2.45) is 0 Å². The summed E-state index contributed by atoms with van der Waals surface area (Å²) in [7, 11) is 0. The van der Waals surface area contributed by atoms with Crippen molar-refractivity contribution < 1.29 is 4.79 Å². The number of aromatic nitrogens is 3. The second-order valence-electron chi connectivity index (χ2n) is 3.66. The van der Waals surface area contributed by atoms with Crippen LogP contribution in [0.5, 0.6) is 0 Å². The Balaban J connectivity index is 2.33. The number of aryl methyl sites for hydroxylation is 1. The molecule has 2 aromatic rings.